The third kappa shape index (κ3) is 6.28. The van der Waals surface area contributed by atoms with Gasteiger partial charge >= 0.3 is 0 Å². The van der Waals surface area contributed by atoms with E-state index in [0.717, 1.165) is 26.5 Å². The predicted octanol–water partition coefficient (Wildman–Crippen LogP) is 5.21. The monoisotopic (exact) mass is 578 g/mol. The van der Waals surface area contributed by atoms with Crippen molar-refractivity contribution in [3.63, 3.8) is 0 Å². The van der Waals surface area contributed by atoms with Crippen molar-refractivity contribution in [1.29, 1.82) is 5.26 Å². The van der Waals surface area contributed by atoms with Gasteiger partial charge in [-0.15, -0.1) is 0 Å². The number of halogens is 1. The molecule has 0 bridgehead atoms. The fourth-order valence-electron chi connectivity index (χ4n) is 3.19. The summed E-state index contributed by atoms with van der Waals surface area (Å²) < 4.78 is 17.6. The highest BCUT2D eigenvalue weighted by atomic mass is 127. The van der Waals surface area contributed by atoms with Gasteiger partial charge < -0.3 is 14.2 Å². The van der Waals surface area contributed by atoms with Gasteiger partial charge in [0.05, 0.1) is 26.7 Å². The summed E-state index contributed by atoms with van der Waals surface area (Å²) in [4.78, 5) is 26.6. The van der Waals surface area contributed by atoms with Crippen molar-refractivity contribution in [3.05, 3.63) is 61.6 Å². The lowest BCUT2D eigenvalue weighted by Gasteiger charge is -2.15. The largest absolute Gasteiger partial charge is 0.490 e. The second-order valence-corrected chi connectivity index (χ2v) is 9.16. The maximum Gasteiger partial charge on any atom is 0.293 e. The summed E-state index contributed by atoms with van der Waals surface area (Å²) in [6.07, 6.45) is 2.29. The van der Waals surface area contributed by atoms with Gasteiger partial charge in [0, 0.05) is 25.8 Å². The summed E-state index contributed by atoms with van der Waals surface area (Å²) in [6.45, 7) is 3.34. The van der Waals surface area contributed by atoms with Gasteiger partial charge in [0.15, 0.2) is 11.5 Å². The van der Waals surface area contributed by atoms with Crippen LogP contribution in [0.3, 0.4) is 0 Å². The molecule has 7 nitrogen and oxygen atoms in total. The molecule has 1 heterocycles. The van der Waals surface area contributed by atoms with E-state index in [-0.39, 0.29) is 17.8 Å². The van der Waals surface area contributed by atoms with Crippen molar-refractivity contribution in [1.82, 2.24) is 4.90 Å². The molecule has 0 spiro atoms. The van der Waals surface area contributed by atoms with Crippen LogP contribution in [0, 0.1) is 14.9 Å². The first-order valence-corrected chi connectivity index (χ1v) is 12.2. The van der Waals surface area contributed by atoms with Crippen molar-refractivity contribution in [2.24, 2.45) is 0 Å². The van der Waals surface area contributed by atoms with Crippen LogP contribution < -0.4 is 9.47 Å². The number of amides is 2. The Morgan fingerprint density at radius 2 is 2.00 bits per heavy atom. The van der Waals surface area contributed by atoms with Gasteiger partial charge in [-0.3, -0.25) is 14.5 Å². The van der Waals surface area contributed by atoms with Gasteiger partial charge in [0.1, 0.15) is 6.61 Å². The second-order valence-electron chi connectivity index (χ2n) is 7.00. The summed E-state index contributed by atoms with van der Waals surface area (Å²) in [6, 6.07) is 13.1. The Kier molecular flexibility index (Phi) is 9.17. The molecular formula is C24H23IN2O5S. The van der Waals surface area contributed by atoms with E-state index in [0.29, 0.717) is 48.1 Å². The number of hydrogen-bond acceptors (Lipinski definition) is 7. The van der Waals surface area contributed by atoms with Crippen molar-refractivity contribution < 1.29 is 23.8 Å². The number of benzene rings is 2. The van der Waals surface area contributed by atoms with Crippen LogP contribution >= 0.6 is 34.4 Å². The quantitative estimate of drug-likeness (QED) is 0.217. The molecule has 9 heteroatoms. The topological polar surface area (TPSA) is 88.9 Å². The highest BCUT2D eigenvalue weighted by Crippen LogP contribution is 2.38. The SMILES string of the molecule is CCOc1cc(/C=C2/SC(=O)N(CCCOC)C2=O)cc(I)c1OCc1ccccc1C#N. The first-order chi connectivity index (χ1) is 16.0. The zero-order chi connectivity index (χ0) is 23.8. The van der Waals surface area contributed by atoms with Gasteiger partial charge in [-0.25, -0.2) is 0 Å². The molecule has 3 rings (SSSR count). The van der Waals surface area contributed by atoms with Crippen LogP contribution in [0.15, 0.2) is 41.3 Å². The normalized spacial score (nSPS) is 14.6. The molecule has 2 amide bonds. The van der Waals surface area contributed by atoms with Crippen LogP contribution in [0.25, 0.3) is 6.08 Å². The van der Waals surface area contributed by atoms with Crippen LogP contribution in [-0.4, -0.2) is 42.9 Å². The third-order valence-corrected chi connectivity index (χ3v) is 6.45. The number of nitriles is 1. The zero-order valence-corrected chi connectivity index (χ0v) is 21.3. The van der Waals surface area contributed by atoms with Crippen LogP contribution in [0.2, 0.25) is 0 Å². The number of imide groups is 1. The molecule has 0 unspecified atom stereocenters. The molecule has 33 heavy (non-hydrogen) atoms. The van der Waals surface area contributed by atoms with Crippen molar-refractivity contribution in [2.45, 2.75) is 20.0 Å². The molecule has 1 aliphatic rings. The highest BCUT2D eigenvalue weighted by Gasteiger charge is 2.34. The fraction of sp³-hybridized carbons (Fsp3) is 0.292. The fourth-order valence-corrected chi connectivity index (χ4v) is 4.84. The number of ether oxygens (including phenoxy) is 3. The maximum absolute atomic E-state index is 12.7. The third-order valence-electron chi connectivity index (χ3n) is 4.74. The number of hydrogen-bond donors (Lipinski definition) is 0. The van der Waals surface area contributed by atoms with Crippen LogP contribution in [-0.2, 0) is 16.1 Å². The molecule has 1 saturated heterocycles. The van der Waals surface area contributed by atoms with Gasteiger partial charge in [-0.2, -0.15) is 5.26 Å². The first kappa shape index (κ1) is 25.1. The van der Waals surface area contributed by atoms with E-state index >= 15 is 0 Å². The van der Waals surface area contributed by atoms with E-state index in [9.17, 15) is 14.9 Å². The summed E-state index contributed by atoms with van der Waals surface area (Å²) in [7, 11) is 1.58. The highest BCUT2D eigenvalue weighted by molar-refractivity contribution is 14.1. The number of methoxy groups -OCH3 is 1. The molecule has 1 aliphatic heterocycles. The summed E-state index contributed by atoms with van der Waals surface area (Å²) >= 11 is 3.08. The molecule has 0 N–H and O–H groups in total. The van der Waals surface area contributed by atoms with E-state index in [1.54, 1.807) is 25.3 Å². The number of rotatable bonds is 10. The Labute approximate surface area is 210 Å². The lowest BCUT2D eigenvalue weighted by Crippen LogP contribution is -2.29. The van der Waals surface area contributed by atoms with E-state index < -0.39 is 0 Å². The van der Waals surface area contributed by atoms with Crippen molar-refractivity contribution >= 4 is 51.6 Å². The van der Waals surface area contributed by atoms with Crippen LogP contribution in [0.5, 0.6) is 11.5 Å². The van der Waals surface area contributed by atoms with Gasteiger partial charge in [0.25, 0.3) is 11.1 Å². The minimum absolute atomic E-state index is 0.222. The molecule has 2 aromatic carbocycles. The second kappa shape index (κ2) is 12.1. The summed E-state index contributed by atoms with van der Waals surface area (Å²) in [5.74, 6) is 0.793. The van der Waals surface area contributed by atoms with Crippen LogP contribution in [0.1, 0.15) is 30.0 Å². The molecule has 2 aromatic rings. The minimum Gasteiger partial charge on any atom is -0.490 e. The summed E-state index contributed by atoms with van der Waals surface area (Å²) in [5, 5.41) is 9.02. The van der Waals surface area contributed by atoms with Crippen LogP contribution in [0.4, 0.5) is 4.79 Å². The maximum atomic E-state index is 12.7. The molecule has 0 aliphatic carbocycles. The average Bonchev–Trinajstić information content (AvgIpc) is 3.06. The Balaban J connectivity index is 1.83. The lowest BCUT2D eigenvalue weighted by molar-refractivity contribution is -0.122. The predicted molar refractivity (Wildman–Crippen MR) is 135 cm³/mol. The molecule has 1 fully saturated rings. The number of nitrogens with zero attached hydrogens (tertiary/aromatic N) is 2. The van der Waals surface area contributed by atoms with E-state index in [1.165, 1.54) is 4.90 Å². The Morgan fingerprint density at radius 1 is 1.21 bits per heavy atom. The molecule has 0 radical (unpaired) electrons. The Bertz CT molecular complexity index is 1110. The molecular weight excluding hydrogens is 555 g/mol. The number of carbonyl (C=O) groups is 2. The zero-order valence-electron chi connectivity index (χ0n) is 18.3. The molecule has 0 atom stereocenters. The van der Waals surface area contributed by atoms with E-state index in [4.69, 9.17) is 14.2 Å². The Morgan fingerprint density at radius 3 is 2.73 bits per heavy atom. The molecule has 0 saturated carbocycles. The van der Waals surface area contributed by atoms with Gasteiger partial charge in [0.2, 0.25) is 0 Å². The first-order valence-electron chi connectivity index (χ1n) is 10.3. The lowest BCUT2D eigenvalue weighted by atomic mass is 10.1. The van der Waals surface area contributed by atoms with Crippen molar-refractivity contribution in [2.75, 3.05) is 26.9 Å². The minimum atomic E-state index is -0.303. The molecule has 172 valence electrons. The number of thioether (sulfide) groups is 1. The standard InChI is InChI=1S/C24H23IN2O5S/c1-3-31-20-12-16(13-21-23(28)27(24(29)33-21)9-6-10-30-2)11-19(25)22(20)32-15-18-8-5-4-7-17(18)14-26/h4-5,7-8,11-13H,3,6,9-10,15H2,1-2H3/b21-13+. The molecule has 0 aromatic heterocycles. The van der Waals surface area contributed by atoms with E-state index in [1.807, 2.05) is 31.2 Å². The average molecular weight is 578 g/mol. The Hall–Kier alpha value is -2.55. The van der Waals surface area contributed by atoms with Gasteiger partial charge in [-0.1, -0.05) is 18.2 Å². The van der Waals surface area contributed by atoms with Gasteiger partial charge in [-0.05, 0) is 77.5 Å². The van der Waals surface area contributed by atoms with E-state index in [2.05, 4.69) is 28.7 Å². The summed E-state index contributed by atoms with van der Waals surface area (Å²) in [5.41, 5.74) is 2.07. The smallest absolute Gasteiger partial charge is 0.293 e. The van der Waals surface area contributed by atoms with Crippen molar-refractivity contribution in [3.8, 4) is 17.6 Å². The number of carbonyl (C=O) groups excluding carboxylic acids is 2.